The van der Waals surface area contributed by atoms with Crippen LogP contribution < -0.4 is 4.74 Å². The van der Waals surface area contributed by atoms with Gasteiger partial charge in [0.25, 0.3) is 11.8 Å². The van der Waals surface area contributed by atoms with Gasteiger partial charge < -0.3 is 4.74 Å². The zero-order chi connectivity index (χ0) is 18.6. The molecule has 1 heterocycles. The number of benzene rings is 1. The lowest BCUT2D eigenvalue weighted by atomic mass is 10.1. The minimum absolute atomic E-state index is 0.109. The third kappa shape index (κ3) is 4.07. The highest BCUT2D eigenvalue weighted by molar-refractivity contribution is 7.80. The molecule has 6 heteroatoms. The van der Waals surface area contributed by atoms with Gasteiger partial charge in [0.2, 0.25) is 0 Å². The molecule has 0 spiro atoms. The number of ether oxygens (including phenoxy) is 1. The molecule has 2 rings (SSSR count). The largest absolute Gasteiger partial charge is 0.493 e. The first-order valence-electron chi connectivity index (χ1n) is 8.51. The van der Waals surface area contributed by atoms with E-state index in [0.717, 1.165) is 0 Å². The van der Waals surface area contributed by atoms with Crippen LogP contribution in [0.2, 0.25) is 0 Å². The average Bonchev–Trinajstić information content (AvgIpc) is 2.58. The zero-order valence-electron chi connectivity index (χ0n) is 15.1. The van der Waals surface area contributed by atoms with Crippen LogP contribution in [0.1, 0.15) is 33.3 Å². The van der Waals surface area contributed by atoms with E-state index < -0.39 is 0 Å². The van der Waals surface area contributed by atoms with Crippen molar-refractivity contribution in [1.82, 2.24) is 9.80 Å². The Morgan fingerprint density at radius 3 is 2.16 bits per heavy atom. The van der Waals surface area contributed by atoms with Gasteiger partial charge in [0.1, 0.15) is 11.3 Å². The summed E-state index contributed by atoms with van der Waals surface area (Å²) in [6.45, 7) is 9.21. The average molecular weight is 360 g/mol. The molecule has 0 saturated carbocycles. The Morgan fingerprint density at radius 2 is 1.64 bits per heavy atom. The number of amides is 2. The number of thiocarbonyl (C=S) groups is 1. The Bertz CT molecular complexity index is 684. The van der Waals surface area contributed by atoms with E-state index in [9.17, 15) is 9.59 Å². The number of hydrogen-bond donors (Lipinski definition) is 0. The van der Waals surface area contributed by atoms with E-state index in [2.05, 4.69) is 13.8 Å². The van der Waals surface area contributed by atoms with Gasteiger partial charge in [0.15, 0.2) is 5.11 Å². The van der Waals surface area contributed by atoms with Gasteiger partial charge in [0, 0.05) is 18.7 Å². The third-order valence-electron chi connectivity index (χ3n) is 3.84. The van der Waals surface area contributed by atoms with Crippen LogP contribution in [0.25, 0.3) is 6.08 Å². The summed E-state index contributed by atoms with van der Waals surface area (Å²) in [4.78, 5) is 28.3. The zero-order valence-corrected chi connectivity index (χ0v) is 15.9. The molecule has 0 radical (unpaired) electrons. The van der Waals surface area contributed by atoms with Gasteiger partial charge in [-0.1, -0.05) is 32.0 Å². The van der Waals surface area contributed by atoms with Crippen molar-refractivity contribution in [3.63, 3.8) is 0 Å². The van der Waals surface area contributed by atoms with Crippen molar-refractivity contribution >= 4 is 35.2 Å². The Labute approximate surface area is 154 Å². The fraction of sp³-hybridized carbons (Fsp3) is 0.421. The predicted octanol–water partition coefficient (Wildman–Crippen LogP) is 3.10. The summed E-state index contributed by atoms with van der Waals surface area (Å²) in [5, 5.41) is 0.265. The summed E-state index contributed by atoms with van der Waals surface area (Å²) in [7, 11) is 0. The van der Waals surface area contributed by atoms with Gasteiger partial charge in [-0.25, -0.2) is 0 Å². The number of likely N-dealkylation sites (N-methyl/N-ethyl adjacent to an activating group) is 2. The molecule has 0 atom stereocenters. The van der Waals surface area contributed by atoms with Gasteiger partial charge in [-0.05, 0) is 44.1 Å². The van der Waals surface area contributed by atoms with Crippen LogP contribution in [-0.4, -0.2) is 46.4 Å². The van der Waals surface area contributed by atoms with Crippen molar-refractivity contribution in [1.29, 1.82) is 0 Å². The van der Waals surface area contributed by atoms with Gasteiger partial charge in [-0.2, -0.15) is 0 Å². The first-order valence-corrected chi connectivity index (χ1v) is 8.92. The van der Waals surface area contributed by atoms with Crippen molar-refractivity contribution < 1.29 is 14.3 Å². The van der Waals surface area contributed by atoms with Gasteiger partial charge in [-0.3, -0.25) is 19.4 Å². The molecule has 1 saturated heterocycles. The highest BCUT2D eigenvalue weighted by atomic mass is 32.1. The normalized spacial score (nSPS) is 15.2. The summed E-state index contributed by atoms with van der Waals surface area (Å²) < 4.78 is 5.82. The Kier molecular flexibility index (Phi) is 6.31. The predicted molar refractivity (Wildman–Crippen MR) is 102 cm³/mol. The lowest BCUT2D eigenvalue weighted by Crippen LogP contribution is -2.55. The highest BCUT2D eigenvalue weighted by Gasteiger charge is 2.37. The fourth-order valence-electron chi connectivity index (χ4n) is 2.53. The van der Waals surface area contributed by atoms with E-state index in [4.69, 9.17) is 17.0 Å². The van der Waals surface area contributed by atoms with E-state index in [-0.39, 0.29) is 22.5 Å². The standard InChI is InChI=1S/C19H24N2O3S/c1-5-20-17(22)15(18(23)21(6-2)19(20)25)11-14-9-7-8-10-16(14)24-12-13(3)4/h7-11,13H,5-6,12H2,1-4H3. The van der Waals surface area contributed by atoms with Crippen molar-refractivity contribution in [2.75, 3.05) is 19.7 Å². The summed E-state index contributed by atoms with van der Waals surface area (Å²) >= 11 is 5.27. The molecule has 1 fully saturated rings. The Hall–Kier alpha value is -2.21. The van der Waals surface area contributed by atoms with Crippen LogP contribution in [-0.2, 0) is 9.59 Å². The van der Waals surface area contributed by atoms with E-state index in [1.54, 1.807) is 6.08 Å². The maximum Gasteiger partial charge on any atom is 0.265 e. The molecular weight excluding hydrogens is 336 g/mol. The summed E-state index contributed by atoms with van der Waals surface area (Å²) in [6.07, 6.45) is 1.60. The molecular formula is C19H24N2O3S. The quantitative estimate of drug-likeness (QED) is 0.444. The number of rotatable bonds is 6. The minimum Gasteiger partial charge on any atom is -0.493 e. The molecule has 0 bridgehead atoms. The molecule has 0 aromatic heterocycles. The number of carbonyl (C=O) groups excluding carboxylic acids is 2. The second-order valence-corrected chi connectivity index (χ2v) is 6.55. The molecule has 1 aliphatic rings. The first kappa shape index (κ1) is 19.1. The summed E-state index contributed by atoms with van der Waals surface area (Å²) in [5.74, 6) is 0.312. The monoisotopic (exact) mass is 360 g/mol. The van der Waals surface area contributed by atoms with Crippen LogP contribution in [0.5, 0.6) is 5.75 Å². The van der Waals surface area contributed by atoms with Crippen LogP contribution in [0, 0.1) is 5.92 Å². The molecule has 1 aliphatic heterocycles. The van der Waals surface area contributed by atoms with Gasteiger partial charge >= 0.3 is 0 Å². The fourth-order valence-corrected chi connectivity index (χ4v) is 2.95. The van der Waals surface area contributed by atoms with Crippen LogP contribution in [0.3, 0.4) is 0 Å². The molecule has 25 heavy (non-hydrogen) atoms. The van der Waals surface area contributed by atoms with Crippen LogP contribution in [0.15, 0.2) is 29.8 Å². The molecule has 5 nitrogen and oxygen atoms in total. The van der Waals surface area contributed by atoms with Crippen molar-refractivity contribution in [2.45, 2.75) is 27.7 Å². The molecule has 0 N–H and O–H groups in total. The lowest BCUT2D eigenvalue weighted by molar-refractivity contribution is -0.133. The summed E-state index contributed by atoms with van der Waals surface area (Å²) in [6, 6.07) is 7.40. The first-order chi connectivity index (χ1) is 11.9. The second-order valence-electron chi connectivity index (χ2n) is 6.18. The molecule has 2 amide bonds. The van der Waals surface area contributed by atoms with Crippen molar-refractivity contribution in [3.05, 3.63) is 35.4 Å². The van der Waals surface area contributed by atoms with Crippen LogP contribution in [0.4, 0.5) is 0 Å². The SMILES string of the molecule is CCN1C(=O)C(=Cc2ccccc2OCC(C)C)C(=O)N(CC)C1=S. The Morgan fingerprint density at radius 1 is 1.08 bits per heavy atom. The number of nitrogens with zero attached hydrogens (tertiary/aromatic N) is 2. The minimum atomic E-state index is -0.360. The molecule has 134 valence electrons. The molecule has 1 aromatic rings. The van der Waals surface area contributed by atoms with Crippen molar-refractivity contribution in [2.24, 2.45) is 5.92 Å². The van der Waals surface area contributed by atoms with Crippen LogP contribution >= 0.6 is 12.2 Å². The summed E-state index contributed by atoms with van der Waals surface area (Å²) in [5.41, 5.74) is 0.817. The second kappa shape index (κ2) is 8.25. The smallest absolute Gasteiger partial charge is 0.265 e. The van der Waals surface area contributed by atoms with Gasteiger partial charge in [0.05, 0.1) is 6.61 Å². The topological polar surface area (TPSA) is 49.9 Å². The highest BCUT2D eigenvalue weighted by Crippen LogP contribution is 2.25. The third-order valence-corrected chi connectivity index (χ3v) is 4.28. The lowest BCUT2D eigenvalue weighted by Gasteiger charge is -2.35. The van der Waals surface area contributed by atoms with E-state index >= 15 is 0 Å². The van der Waals surface area contributed by atoms with E-state index in [1.165, 1.54) is 9.80 Å². The number of hydrogen-bond acceptors (Lipinski definition) is 4. The Balaban J connectivity index is 2.43. The number of para-hydroxylation sites is 1. The maximum absolute atomic E-state index is 12.7. The number of carbonyl (C=O) groups is 2. The molecule has 0 aliphatic carbocycles. The van der Waals surface area contributed by atoms with E-state index in [0.29, 0.717) is 36.9 Å². The van der Waals surface area contributed by atoms with E-state index in [1.807, 2.05) is 38.1 Å². The molecule has 1 aromatic carbocycles. The van der Waals surface area contributed by atoms with Crippen molar-refractivity contribution in [3.8, 4) is 5.75 Å². The van der Waals surface area contributed by atoms with Gasteiger partial charge in [-0.15, -0.1) is 0 Å². The molecule has 0 unspecified atom stereocenters. The maximum atomic E-state index is 12.7.